The van der Waals surface area contributed by atoms with Crippen LogP contribution >= 0.6 is 0 Å². The first-order chi connectivity index (χ1) is 16.0. The van der Waals surface area contributed by atoms with Crippen LogP contribution in [0.2, 0.25) is 0 Å². The van der Waals surface area contributed by atoms with E-state index in [0.717, 1.165) is 35.9 Å². The first-order valence-corrected chi connectivity index (χ1v) is 12.3. The molecule has 33 heavy (non-hydrogen) atoms. The van der Waals surface area contributed by atoms with E-state index in [1.54, 1.807) is 7.11 Å². The van der Waals surface area contributed by atoms with Gasteiger partial charge >= 0.3 is 0 Å². The largest absolute Gasteiger partial charge is 0.772 e. The Morgan fingerprint density at radius 1 is 1.27 bits per heavy atom. The van der Waals surface area contributed by atoms with Crippen molar-refractivity contribution in [2.75, 3.05) is 24.4 Å². The molecule has 0 saturated carbocycles. The van der Waals surface area contributed by atoms with Crippen molar-refractivity contribution in [1.29, 1.82) is 0 Å². The van der Waals surface area contributed by atoms with Crippen molar-refractivity contribution < 1.29 is 13.5 Å². The second-order valence-electron chi connectivity index (χ2n) is 8.91. The number of H-pyrrole nitrogens is 1. The monoisotopic (exact) mass is 470 g/mol. The van der Waals surface area contributed by atoms with Gasteiger partial charge < -0.3 is 25.2 Å². The molecule has 2 fully saturated rings. The molecule has 4 N–H and O–H groups in total. The van der Waals surface area contributed by atoms with E-state index < -0.39 is 16.3 Å². The Labute approximate surface area is 194 Å². The van der Waals surface area contributed by atoms with Gasteiger partial charge in [0.2, 0.25) is 5.95 Å². The number of benzene rings is 1. The van der Waals surface area contributed by atoms with E-state index in [1.807, 2.05) is 37.3 Å². The highest BCUT2D eigenvalue weighted by Crippen LogP contribution is 2.36. The van der Waals surface area contributed by atoms with Gasteiger partial charge in [0.1, 0.15) is 5.82 Å². The molecule has 1 aromatic carbocycles. The maximum Gasteiger partial charge on any atom is 0.225 e. The summed E-state index contributed by atoms with van der Waals surface area (Å²) >= 11 is -2.17. The summed E-state index contributed by atoms with van der Waals surface area (Å²) in [7, 11) is 1.55. The van der Waals surface area contributed by atoms with Gasteiger partial charge in [-0.25, -0.2) is 4.98 Å². The summed E-state index contributed by atoms with van der Waals surface area (Å²) in [5, 5.41) is 18.0. The van der Waals surface area contributed by atoms with Gasteiger partial charge in [-0.2, -0.15) is 10.1 Å². The third-order valence-corrected chi connectivity index (χ3v) is 7.56. The molecule has 2 aliphatic heterocycles. The zero-order valence-electron chi connectivity index (χ0n) is 18.6. The number of nitrogens with one attached hydrogen (secondary N) is 4. The number of para-hydroxylation sites is 1. The smallest absolute Gasteiger partial charge is 0.225 e. The minimum Gasteiger partial charge on any atom is -0.772 e. The molecule has 2 aliphatic rings. The van der Waals surface area contributed by atoms with Gasteiger partial charge in [0.05, 0.1) is 12.1 Å². The molecule has 0 aliphatic carbocycles. The Bertz CT molecular complexity index is 1160. The third-order valence-electron chi connectivity index (χ3n) is 6.58. The van der Waals surface area contributed by atoms with Crippen molar-refractivity contribution >= 4 is 39.6 Å². The fourth-order valence-corrected chi connectivity index (χ4v) is 6.01. The summed E-state index contributed by atoms with van der Waals surface area (Å²) in [4.78, 5) is 9.49. The van der Waals surface area contributed by atoms with E-state index in [4.69, 9.17) is 14.7 Å². The number of piperidine rings is 1. The number of hydrogen-bond acceptors (Lipinski definition) is 9. The standard InChI is InChI=1S/C22H29N7O3S/c1-12-7-20(29-28-12)26-21-15-5-3-4-6-17(15)25-22(27-21)24-14-8-13-9-16(18(10-14)23-13)19(11-32-2)33(30)31/h3-7,13-14,16,18-19,23H,8-11H2,1-2H3,(H,30,31)(H3,24,25,26,27,28,29)/p-1/t13-,14+,16?,18+,19?/m1/s1. The molecule has 2 saturated heterocycles. The second-order valence-corrected chi connectivity index (χ2v) is 10.0. The maximum absolute atomic E-state index is 11.8. The Hall–Kier alpha value is -2.60. The number of nitrogens with zero attached hydrogens (tertiary/aromatic N) is 3. The van der Waals surface area contributed by atoms with Crippen LogP contribution in [-0.4, -0.2) is 66.0 Å². The number of aromatic amines is 1. The van der Waals surface area contributed by atoms with Crippen molar-refractivity contribution in [3.8, 4) is 0 Å². The van der Waals surface area contributed by atoms with E-state index in [1.165, 1.54) is 0 Å². The summed E-state index contributed by atoms with van der Waals surface area (Å²) in [6, 6.07) is 10.3. The maximum atomic E-state index is 11.8. The van der Waals surface area contributed by atoms with Crippen LogP contribution in [0.3, 0.4) is 0 Å². The van der Waals surface area contributed by atoms with Gasteiger partial charge in [-0.05, 0) is 55.3 Å². The Morgan fingerprint density at radius 3 is 2.88 bits per heavy atom. The molecule has 0 spiro atoms. The molecular formula is C22H28N7O3S-. The number of methoxy groups -OCH3 is 1. The van der Waals surface area contributed by atoms with E-state index in [9.17, 15) is 8.76 Å². The van der Waals surface area contributed by atoms with E-state index in [2.05, 4.69) is 26.1 Å². The van der Waals surface area contributed by atoms with Crippen LogP contribution in [0.1, 0.15) is 25.0 Å². The number of hydrogen-bond donors (Lipinski definition) is 4. The van der Waals surface area contributed by atoms with E-state index in [-0.39, 0.29) is 30.7 Å². The van der Waals surface area contributed by atoms with Crippen molar-refractivity contribution in [3.05, 3.63) is 36.0 Å². The third kappa shape index (κ3) is 4.72. The quantitative estimate of drug-likeness (QED) is 0.365. The van der Waals surface area contributed by atoms with Crippen molar-refractivity contribution in [2.24, 2.45) is 5.92 Å². The van der Waals surface area contributed by atoms with E-state index in [0.29, 0.717) is 17.6 Å². The van der Waals surface area contributed by atoms with Crippen LogP contribution in [0.4, 0.5) is 17.6 Å². The number of fused-ring (bicyclic) bond motifs is 3. The average molecular weight is 471 g/mol. The lowest BCUT2D eigenvalue weighted by molar-refractivity contribution is 0.173. The molecule has 0 radical (unpaired) electrons. The predicted molar refractivity (Wildman–Crippen MR) is 126 cm³/mol. The van der Waals surface area contributed by atoms with Gasteiger partial charge in [-0.1, -0.05) is 12.1 Å². The molecule has 11 heteroatoms. The molecule has 2 aromatic heterocycles. The van der Waals surface area contributed by atoms with E-state index >= 15 is 0 Å². The van der Waals surface area contributed by atoms with Crippen LogP contribution in [0.25, 0.3) is 10.9 Å². The van der Waals surface area contributed by atoms with Crippen LogP contribution in [0, 0.1) is 12.8 Å². The second kappa shape index (κ2) is 9.34. The number of aryl methyl sites for hydroxylation is 1. The number of anilines is 3. The molecular weight excluding hydrogens is 442 g/mol. The van der Waals surface area contributed by atoms with Crippen molar-refractivity contribution in [3.63, 3.8) is 0 Å². The fourth-order valence-electron chi connectivity index (χ4n) is 5.18. The lowest BCUT2D eigenvalue weighted by Gasteiger charge is -2.33. The molecule has 2 bridgehead atoms. The van der Waals surface area contributed by atoms with Gasteiger partial charge in [0.15, 0.2) is 5.82 Å². The van der Waals surface area contributed by atoms with Crippen LogP contribution in [0.5, 0.6) is 0 Å². The summed E-state index contributed by atoms with van der Waals surface area (Å²) in [6.07, 6.45) is 2.51. The van der Waals surface area contributed by atoms with Gasteiger partial charge in [0.25, 0.3) is 0 Å². The van der Waals surface area contributed by atoms with Gasteiger partial charge in [-0.15, -0.1) is 0 Å². The van der Waals surface area contributed by atoms with Gasteiger partial charge in [0, 0.05) is 47.6 Å². The molecule has 3 aromatic rings. The highest BCUT2D eigenvalue weighted by atomic mass is 32.2. The molecule has 4 heterocycles. The van der Waals surface area contributed by atoms with Crippen LogP contribution < -0.4 is 16.0 Å². The number of rotatable bonds is 8. The molecule has 3 unspecified atom stereocenters. The zero-order chi connectivity index (χ0) is 22.9. The van der Waals surface area contributed by atoms with Crippen molar-refractivity contribution in [2.45, 2.75) is 49.6 Å². The molecule has 0 amide bonds. The van der Waals surface area contributed by atoms with Crippen molar-refractivity contribution in [1.82, 2.24) is 25.5 Å². The highest BCUT2D eigenvalue weighted by Gasteiger charge is 2.44. The molecule has 6 atom stereocenters. The zero-order valence-corrected chi connectivity index (χ0v) is 19.4. The lowest BCUT2D eigenvalue weighted by Crippen LogP contribution is -2.46. The Kier molecular flexibility index (Phi) is 6.28. The highest BCUT2D eigenvalue weighted by molar-refractivity contribution is 7.79. The topological polar surface area (TPSA) is 140 Å². The summed E-state index contributed by atoms with van der Waals surface area (Å²) in [5.41, 5.74) is 1.79. The number of ether oxygens (including phenoxy) is 1. The summed E-state index contributed by atoms with van der Waals surface area (Å²) in [6.45, 7) is 2.17. The average Bonchev–Trinajstić information content (AvgIpc) is 3.33. The minimum atomic E-state index is -2.17. The summed E-state index contributed by atoms with van der Waals surface area (Å²) in [5.74, 6) is 1.97. The SMILES string of the molecule is COCC(C1C[C@H]2C[C@H](Nc3nc(Nc4cc(C)[nH]n4)c4ccccc4n3)C[C@@H]1N2)S(=O)[O-]. The van der Waals surface area contributed by atoms with Gasteiger partial charge in [-0.3, -0.25) is 9.31 Å². The summed E-state index contributed by atoms with van der Waals surface area (Å²) < 4.78 is 28.8. The lowest BCUT2D eigenvalue weighted by atomic mass is 9.93. The Balaban J connectivity index is 1.36. The van der Waals surface area contributed by atoms with Crippen LogP contribution in [-0.2, 0) is 15.8 Å². The number of aromatic nitrogens is 4. The van der Waals surface area contributed by atoms with Crippen LogP contribution in [0.15, 0.2) is 30.3 Å². The molecule has 10 nitrogen and oxygen atoms in total. The first-order valence-electron chi connectivity index (χ1n) is 11.2. The molecule has 5 rings (SSSR count). The normalized spacial score (nSPS) is 26.3. The first kappa shape index (κ1) is 22.2. The molecule has 176 valence electrons. The predicted octanol–water partition coefficient (Wildman–Crippen LogP) is 2.22. The fraction of sp³-hybridized carbons (Fsp3) is 0.500. The Morgan fingerprint density at radius 2 is 2.12 bits per heavy atom. The minimum absolute atomic E-state index is 0.0396.